The molecule has 0 atom stereocenters. The fraction of sp³-hybridized carbons (Fsp3) is 0. The molecule has 0 saturated carbocycles. The molecule has 0 spiro atoms. The van der Waals surface area contributed by atoms with Crippen LogP contribution in [-0.4, -0.2) is 16.2 Å². The van der Waals surface area contributed by atoms with Gasteiger partial charge >= 0.3 is 5.97 Å². The molecule has 6 heteroatoms. The molecule has 2 rings (SSSR count). The highest BCUT2D eigenvalue weighted by molar-refractivity contribution is 9.10. The van der Waals surface area contributed by atoms with Crippen molar-refractivity contribution in [2.75, 3.05) is 4.72 Å². The maximum absolute atomic E-state index is 10.8. The van der Waals surface area contributed by atoms with Crippen LogP contribution in [0.2, 0.25) is 0 Å². The van der Waals surface area contributed by atoms with Crippen LogP contribution in [0.1, 0.15) is 10.4 Å². The first-order valence-electron chi connectivity index (χ1n) is 5.31. The Balaban J connectivity index is 2.08. The first-order chi connectivity index (χ1) is 9.06. The van der Waals surface area contributed by atoms with Crippen molar-refractivity contribution in [3.63, 3.8) is 0 Å². The number of nitrogens with one attached hydrogen (secondary N) is 1. The average molecular weight is 340 g/mol. The smallest absolute Gasteiger partial charge is 0.339 e. The van der Waals surface area contributed by atoms with Crippen LogP contribution in [-0.2, 0) is 0 Å². The third-order valence-corrected chi connectivity index (χ3v) is 3.63. The molecule has 98 valence electrons. The molecular formula is C13H10BrNO3S. The lowest BCUT2D eigenvalue weighted by Gasteiger charge is -2.07. The van der Waals surface area contributed by atoms with E-state index in [2.05, 4.69) is 20.7 Å². The molecule has 0 bridgehead atoms. The number of hydrogen-bond donors (Lipinski definition) is 3. The van der Waals surface area contributed by atoms with Gasteiger partial charge in [0.05, 0.1) is 0 Å². The Morgan fingerprint density at radius 2 is 2.00 bits per heavy atom. The highest BCUT2D eigenvalue weighted by atomic mass is 79.9. The number of benzene rings is 2. The van der Waals surface area contributed by atoms with E-state index < -0.39 is 5.97 Å². The van der Waals surface area contributed by atoms with E-state index in [1.807, 2.05) is 24.3 Å². The average Bonchev–Trinajstić information content (AvgIpc) is 2.36. The third-order valence-electron chi connectivity index (χ3n) is 2.31. The molecule has 3 N–H and O–H groups in total. The number of anilines is 1. The summed E-state index contributed by atoms with van der Waals surface area (Å²) in [6.45, 7) is 0. The van der Waals surface area contributed by atoms with E-state index in [1.165, 1.54) is 24.1 Å². The van der Waals surface area contributed by atoms with Gasteiger partial charge in [-0.25, -0.2) is 4.79 Å². The normalized spacial score (nSPS) is 10.2. The Kier molecular flexibility index (Phi) is 4.34. The van der Waals surface area contributed by atoms with Crippen molar-refractivity contribution in [1.29, 1.82) is 0 Å². The Labute approximate surface area is 122 Å². The van der Waals surface area contributed by atoms with E-state index in [-0.39, 0.29) is 11.3 Å². The van der Waals surface area contributed by atoms with E-state index >= 15 is 0 Å². The summed E-state index contributed by atoms with van der Waals surface area (Å²) in [4.78, 5) is 11.8. The summed E-state index contributed by atoms with van der Waals surface area (Å²) >= 11 is 4.75. The summed E-state index contributed by atoms with van der Waals surface area (Å²) in [5.41, 5.74) is 0.519. The molecule has 19 heavy (non-hydrogen) atoms. The SMILES string of the molecule is O=C(O)c1ccc(NSc2cccc(Br)c2)cc1O. The summed E-state index contributed by atoms with van der Waals surface area (Å²) in [5, 5.41) is 18.4. The number of aromatic carboxylic acids is 1. The summed E-state index contributed by atoms with van der Waals surface area (Å²) < 4.78 is 4.01. The predicted molar refractivity (Wildman–Crippen MR) is 78.7 cm³/mol. The molecule has 0 radical (unpaired) electrons. The van der Waals surface area contributed by atoms with E-state index in [1.54, 1.807) is 6.07 Å². The second-order valence-corrected chi connectivity index (χ2v) is 5.49. The van der Waals surface area contributed by atoms with Gasteiger partial charge in [0.2, 0.25) is 0 Å². The molecule has 0 aromatic heterocycles. The van der Waals surface area contributed by atoms with Gasteiger partial charge in [-0.1, -0.05) is 22.0 Å². The zero-order chi connectivity index (χ0) is 13.8. The second kappa shape index (κ2) is 5.99. The lowest BCUT2D eigenvalue weighted by molar-refractivity contribution is 0.0694. The fourth-order valence-corrected chi connectivity index (χ4v) is 2.67. The summed E-state index contributed by atoms with van der Waals surface area (Å²) in [6.07, 6.45) is 0. The second-order valence-electron chi connectivity index (χ2n) is 3.70. The van der Waals surface area contributed by atoms with Gasteiger partial charge < -0.3 is 14.9 Å². The minimum absolute atomic E-state index is 0.113. The van der Waals surface area contributed by atoms with E-state index in [9.17, 15) is 9.90 Å². The van der Waals surface area contributed by atoms with Crippen LogP contribution >= 0.6 is 27.9 Å². The number of carbonyl (C=O) groups is 1. The monoisotopic (exact) mass is 339 g/mol. The van der Waals surface area contributed by atoms with Crippen molar-refractivity contribution < 1.29 is 15.0 Å². The van der Waals surface area contributed by atoms with Crippen LogP contribution in [0.25, 0.3) is 0 Å². The molecule has 4 nitrogen and oxygen atoms in total. The molecule has 0 aliphatic heterocycles. The van der Waals surface area contributed by atoms with Crippen molar-refractivity contribution in [3.8, 4) is 5.75 Å². The molecule has 0 heterocycles. The van der Waals surface area contributed by atoms with Crippen molar-refractivity contribution in [2.45, 2.75) is 4.90 Å². The van der Waals surface area contributed by atoms with E-state index in [4.69, 9.17) is 5.11 Å². The maximum atomic E-state index is 10.8. The van der Waals surface area contributed by atoms with Gasteiger partial charge in [-0.3, -0.25) is 0 Å². The maximum Gasteiger partial charge on any atom is 0.339 e. The number of hydrogen-bond acceptors (Lipinski definition) is 4. The molecule has 0 saturated heterocycles. The van der Waals surface area contributed by atoms with E-state index in [0.29, 0.717) is 5.69 Å². The van der Waals surface area contributed by atoms with E-state index in [0.717, 1.165) is 9.37 Å². The molecule has 0 aliphatic carbocycles. The molecule has 0 aliphatic rings. The Morgan fingerprint density at radius 1 is 1.21 bits per heavy atom. The fourth-order valence-electron chi connectivity index (χ4n) is 1.42. The highest BCUT2D eigenvalue weighted by Gasteiger charge is 2.09. The number of halogens is 1. The number of carboxylic acids is 1. The summed E-state index contributed by atoms with van der Waals surface area (Å²) in [7, 11) is 0. The number of phenols is 1. The van der Waals surface area contributed by atoms with Gasteiger partial charge in [0.25, 0.3) is 0 Å². The number of rotatable bonds is 4. The number of carboxylic acid groups (broad SMARTS) is 1. The quantitative estimate of drug-likeness (QED) is 0.735. The molecular weight excluding hydrogens is 330 g/mol. The Morgan fingerprint density at radius 3 is 2.63 bits per heavy atom. The van der Waals surface area contributed by atoms with Gasteiger partial charge in [-0.15, -0.1) is 0 Å². The van der Waals surface area contributed by atoms with Crippen molar-refractivity contribution in [3.05, 3.63) is 52.5 Å². The van der Waals surface area contributed by atoms with Crippen molar-refractivity contribution >= 4 is 39.5 Å². The Bertz CT molecular complexity index is 619. The van der Waals surface area contributed by atoms with Gasteiger partial charge in [0.1, 0.15) is 11.3 Å². The van der Waals surface area contributed by atoms with Gasteiger partial charge in [-0.2, -0.15) is 0 Å². The first-order valence-corrected chi connectivity index (χ1v) is 6.92. The largest absolute Gasteiger partial charge is 0.507 e. The van der Waals surface area contributed by atoms with Crippen LogP contribution in [0.5, 0.6) is 5.75 Å². The zero-order valence-electron chi connectivity index (χ0n) is 9.63. The first kappa shape index (κ1) is 13.8. The number of aromatic hydroxyl groups is 1. The van der Waals surface area contributed by atoms with Crippen molar-refractivity contribution in [1.82, 2.24) is 0 Å². The van der Waals surface area contributed by atoms with Crippen LogP contribution in [0.3, 0.4) is 0 Å². The highest BCUT2D eigenvalue weighted by Crippen LogP contribution is 2.27. The lowest BCUT2D eigenvalue weighted by Crippen LogP contribution is -1.97. The zero-order valence-corrected chi connectivity index (χ0v) is 12.0. The topological polar surface area (TPSA) is 69.6 Å². The third kappa shape index (κ3) is 3.65. The molecule has 2 aromatic carbocycles. The summed E-state index contributed by atoms with van der Waals surface area (Å²) in [6, 6.07) is 12.1. The minimum Gasteiger partial charge on any atom is -0.507 e. The van der Waals surface area contributed by atoms with Crippen molar-refractivity contribution in [2.24, 2.45) is 0 Å². The summed E-state index contributed by atoms with van der Waals surface area (Å²) in [5.74, 6) is -1.41. The predicted octanol–water partition coefficient (Wildman–Crippen LogP) is 3.97. The van der Waals surface area contributed by atoms with Crippen LogP contribution < -0.4 is 4.72 Å². The van der Waals surface area contributed by atoms with Gasteiger partial charge in [-0.05, 0) is 42.3 Å². The molecule has 0 amide bonds. The van der Waals surface area contributed by atoms with Crippen LogP contribution in [0.15, 0.2) is 51.8 Å². The lowest BCUT2D eigenvalue weighted by atomic mass is 10.2. The minimum atomic E-state index is -1.15. The van der Waals surface area contributed by atoms with Gasteiger partial charge in [0, 0.05) is 21.1 Å². The Hall–Kier alpha value is -1.66. The standard InChI is InChI=1S/C13H10BrNO3S/c14-8-2-1-3-10(6-8)19-15-9-4-5-11(13(17)18)12(16)7-9/h1-7,15-16H,(H,17,18). The van der Waals surface area contributed by atoms with Gasteiger partial charge in [0.15, 0.2) is 0 Å². The molecule has 0 fully saturated rings. The van der Waals surface area contributed by atoms with Crippen LogP contribution in [0, 0.1) is 0 Å². The molecule has 2 aromatic rings. The van der Waals surface area contributed by atoms with Crippen LogP contribution in [0.4, 0.5) is 5.69 Å². The molecule has 0 unspecified atom stereocenters.